The second kappa shape index (κ2) is 5.92. The van der Waals surface area contributed by atoms with Gasteiger partial charge in [-0.1, -0.05) is 15.9 Å². The molecule has 4 N–H and O–H groups in total. The lowest BCUT2D eigenvalue weighted by molar-refractivity contribution is 0.100. The average Bonchev–Trinajstić information content (AvgIpc) is 2.39. The highest BCUT2D eigenvalue weighted by molar-refractivity contribution is 9.10. The third-order valence-electron chi connectivity index (χ3n) is 3.85. The molecule has 1 aromatic carbocycles. The maximum absolute atomic E-state index is 11.6. The van der Waals surface area contributed by atoms with Gasteiger partial charge in [-0.2, -0.15) is 0 Å². The van der Waals surface area contributed by atoms with E-state index < -0.39 is 5.91 Å². The average molecular weight is 326 g/mol. The van der Waals surface area contributed by atoms with Crippen molar-refractivity contribution in [3.05, 3.63) is 28.2 Å². The van der Waals surface area contributed by atoms with E-state index in [1.54, 1.807) is 6.07 Å². The third-order valence-corrected chi connectivity index (χ3v) is 4.34. The van der Waals surface area contributed by atoms with Gasteiger partial charge in [0.1, 0.15) is 0 Å². The van der Waals surface area contributed by atoms with E-state index in [1.807, 2.05) is 12.1 Å². The Balaban J connectivity index is 2.36. The van der Waals surface area contributed by atoms with Gasteiger partial charge in [0, 0.05) is 22.7 Å². The number of nitrogens with two attached hydrogens (primary N) is 2. The molecule has 2 rings (SSSR count). The number of amides is 1. The molecule has 1 aliphatic heterocycles. The first-order valence-corrected chi connectivity index (χ1v) is 7.38. The van der Waals surface area contributed by atoms with E-state index >= 15 is 0 Å². The summed E-state index contributed by atoms with van der Waals surface area (Å²) in [5.41, 5.74) is 12.8. The number of benzene rings is 1. The van der Waals surface area contributed by atoms with E-state index in [-0.39, 0.29) is 0 Å². The van der Waals surface area contributed by atoms with Crippen molar-refractivity contribution in [2.24, 2.45) is 17.4 Å². The molecule has 1 amide bonds. The maximum atomic E-state index is 11.6. The highest BCUT2D eigenvalue weighted by atomic mass is 79.9. The van der Waals surface area contributed by atoms with Gasteiger partial charge in [-0.25, -0.2) is 0 Å². The lowest BCUT2D eigenvalue weighted by atomic mass is 9.92. The number of carbonyl (C=O) groups is 1. The molecule has 104 valence electrons. The number of piperidine rings is 1. The molecule has 0 saturated carbocycles. The molecule has 0 aromatic heterocycles. The first-order chi connectivity index (χ1) is 9.02. The number of anilines is 1. The van der Waals surface area contributed by atoms with Gasteiger partial charge < -0.3 is 16.4 Å². The largest absolute Gasteiger partial charge is 0.368 e. The van der Waals surface area contributed by atoms with Crippen molar-refractivity contribution >= 4 is 27.5 Å². The summed E-state index contributed by atoms with van der Waals surface area (Å²) in [7, 11) is 0. The minimum absolute atomic E-state index is 0.390. The summed E-state index contributed by atoms with van der Waals surface area (Å²) in [6.07, 6.45) is 2.24. The fourth-order valence-electron chi connectivity index (χ4n) is 2.67. The second-order valence-corrected chi connectivity index (χ2v) is 6.12. The summed E-state index contributed by atoms with van der Waals surface area (Å²) >= 11 is 3.38. The molecule has 1 fully saturated rings. The molecule has 5 heteroatoms. The molecule has 1 aliphatic rings. The van der Waals surface area contributed by atoms with Gasteiger partial charge in [-0.3, -0.25) is 4.79 Å². The molecule has 2 unspecified atom stereocenters. The fourth-order valence-corrected chi connectivity index (χ4v) is 3.03. The number of nitrogens with zero attached hydrogens (tertiary/aromatic N) is 1. The molecule has 4 nitrogen and oxygen atoms in total. The fraction of sp³-hybridized carbons (Fsp3) is 0.500. The Morgan fingerprint density at radius 3 is 2.84 bits per heavy atom. The van der Waals surface area contributed by atoms with E-state index in [2.05, 4.69) is 27.8 Å². The van der Waals surface area contributed by atoms with Gasteiger partial charge in [-0.05, 0) is 50.4 Å². The van der Waals surface area contributed by atoms with Crippen LogP contribution in [0.5, 0.6) is 0 Å². The smallest absolute Gasteiger partial charge is 0.250 e. The summed E-state index contributed by atoms with van der Waals surface area (Å²) in [6.45, 7) is 3.75. The summed E-state index contributed by atoms with van der Waals surface area (Å²) < 4.78 is 0.866. The van der Waals surface area contributed by atoms with E-state index in [0.717, 1.165) is 29.5 Å². The van der Waals surface area contributed by atoms with Crippen molar-refractivity contribution in [1.82, 2.24) is 0 Å². The zero-order valence-electron chi connectivity index (χ0n) is 11.1. The summed E-state index contributed by atoms with van der Waals surface area (Å²) in [5.74, 6) is 0.0962. The summed E-state index contributed by atoms with van der Waals surface area (Å²) in [5, 5.41) is 0. The van der Waals surface area contributed by atoms with Crippen LogP contribution >= 0.6 is 15.9 Å². The van der Waals surface area contributed by atoms with Gasteiger partial charge in [-0.15, -0.1) is 0 Å². The number of carbonyl (C=O) groups excluding carboxylic acids is 1. The summed E-state index contributed by atoms with van der Waals surface area (Å²) in [4.78, 5) is 13.9. The first-order valence-electron chi connectivity index (χ1n) is 6.59. The minimum atomic E-state index is -0.390. The van der Waals surface area contributed by atoms with Gasteiger partial charge >= 0.3 is 0 Å². The highest BCUT2D eigenvalue weighted by Crippen LogP contribution is 2.31. The number of hydrogen-bond acceptors (Lipinski definition) is 3. The Hall–Kier alpha value is -1.07. The Bertz CT molecular complexity index is 478. The van der Waals surface area contributed by atoms with Crippen molar-refractivity contribution in [3.63, 3.8) is 0 Å². The van der Waals surface area contributed by atoms with Crippen LogP contribution in [0.2, 0.25) is 0 Å². The van der Waals surface area contributed by atoms with Crippen LogP contribution in [0.3, 0.4) is 0 Å². The SMILES string of the molecule is CC1CCC(CN)CN1c1ccc(Br)cc1C(N)=O. The normalized spacial score (nSPS) is 23.4. The zero-order valence-corrected chi connectivity index (χ0v) is 12.7. The predicted octanol–water partition coefficient (Wildman–Crippen LogP) is 2.11. The number of rotatable bonds is 3. The van der Waals surface area contributed by atoms with Gasteiger partial charge in [0.2, 0.25) is 0 Å². The highest BCUT2D eigenvalue weighted by Gasteiger charge is 2.27. The van der Waals surface area contributed by atoms with Gasteiger partial charge in [0.25, 0.3) is 5.91 Å². The van der Waals surface area contributed by atoms with Crippen molar-refractivity contribution < 1.29 is 4.79 Å². The van der Waals surface area contributed by atoms with Crippen molar-refractivity contribution in [2.75, 3.05) is 18.0 Å². The Kier molecular flexibility index (Phi) is 4.47. The van der Waals surface area contributed by atoms with Gasteiger partial charge in [0.15, 0.2) is 0 Å². The van der Waals surface area contributed by atoms with E-state index in [4.69, 9.17) is 11.5 Å². The number of primary amides is 1. The number of hydrogen-bond donors (Lipinski definition) is 2. The molecule has 19 heavy (non-hydrogen) atoms. The van der Waals surface area contributed by atoms with E-state index in [1.165, 1.54) is 0 Å². The molecule has 0 bridgehead atoms. The standard InChI is InChI=1S/C14H20BrN3O/c1-9-2-3-10(7-16)8-18(9)13-5-4-11(15)6-12(13)14(17)19/h4-6,9-10H,2-3,7-8,16H2,1H3,(H2,17,19). The van der Waals surface area contributed by atoms with Crippen LogP contribution in [0.4, 0.5) is 5.69 Å². The molecule has 1 saturated heterocycles. The zero-order chi connectivity index (χ0) is 14.0. The van der Waals surface area contributed by atoms with Crippen LogP contribution in [0.1, 0.15) is 30.1 Å². The molecular weight excluding hydrogens is 306 g/mol. The van der Waals surface area contributed by atoms with Crippen molar-refractivity contribution in [2.45, 2.75) is 25.8 Å². The number of halogens is 1. The predicted molar refractivity (Wildman–Crippen MR) is 81.2 cm³/mol. The van der Waals surface area contributed by atoms with Crippen LogP contribution in [0.15, 0.2) is 22.7 Å². The molecule has 1 heterocycles. The van der Waals surface area contributed by atoms with Crippen molar-refractivity contribution in [3.8, 4) is 0 Å². The van der Waals surface area contributed by atoms with Gasteiger partial charge in [0.05, 0.1) is 5.56 Å². The molecule has 0 aliphatic carbocycles. The van der Waals surface area contributed by atoms with Crippen LogP contribution in [0.25, 0.3) is 0 Å². The third kappa shape index (κ3) is 3.09. The quantitative estimate of drug-likeness (QED) is 0.894. The molecule has 0 spiro atoms. The van der Waals surface area contributed by atoms with Crippen LogP contribution in [-0.2, 0) is 0 Å². The lowest BCUT2D eigenvalue weighted by Crippen LogP contribution is -2.44. The Morgan fingerprint density at radius 1 is 1.47 bits per heavy atom. The van der Waals surface area contributed by atoms with Crippen molar-refractivity contribution in [1.29, 1.82) is 0 Å². The first kappa shape index (κ1) is 14.3. The van der Waals surface area contributed by atoms with E-state index in [9.17, 15) is 4.79 Å². The monoisotopic (exact) mass is 325 g/mol. The molecule has 1 aromatic rings. The molecule has 0 radical (unpaired) electrons. The Labute approximate surface area is 122 Å². The maximum Gasteiger partial charge on any atom is 0.250 e. The Morgan fingerprint density at radius 2 is 2.21 bits per heavy atom. The van der Waals surface area contributed by atoms with Crippen LogP contribution < -0.4 is 16.4 Å². The second-order valence-electron chi connectivity index (χ2n) is 5.21. The minimum Gasteiger partial charge on any atom is -0.368 e. The van der Waals surface area contributed by atoms with Crippen LogP contribution in [-0.4, -0.2) is 25.0 Å². The van der Waals surface area contributed by atoms with Crippen LogP contribution in [0, 0.1) is 5.92 Å². The molecule has 2 atom stereocenters. The topological polar surface area (TPSA) is 72.3 Å². The lowest BCUT2D eigenvalue weighted by Gasteiger charge is -2.40. The summed E-state index contributed by atoms with van der Waals surface area (Å²) in [6, 6.07) is 6.10. The molecular formula is C14H20BrN3O. The van der Waals surface area contributed by atoms with E-state index in [0.29, 0.717) is 24.1 Å².